The number of amides is 2. The van der Waals surface area contributed by atoms with Gasteiger partial charge in [-0.2, -0.15) is 8.78 Å². The predicted octanol–water partition coefficient (Wildman–Crippen LogP) is 2.04. The van der Waals surface area contributed by atoms with Gasteiger partial charge in [-0.25, -0.2) is 0 Å². The molecule has 2 amide bonds. The Morgan fingerprint density at radius 2 is 2.27 bits per heavy atom. The maximum atomic E-state index is 12.3. The number of halogens is 3. The fourth-order valence-electron chi connectivity index (χ4n) is 2.26. The van der Waals surface area contributed by atoms with E-state index in [4.69, 9.17) is 11.6 Å². The molecule has 0 aromatic heterocycles. The molecular weight excluding hydrogens is 318 g/mol. The van der Waals surface area contributed by atoms with Gasteiger partial charge in [-0.3, -0.25) is 9.59 Å². The summed E-state index contributed by atoms with van der Waals surface area (Å²) in [7, 11) is 1.63. The van der Waals surface area contributed by atoms with Gasteiger partial charge >= 0.3 is 6.61 Å². The topological polar surface area (TPSA) is 58.6 Å². The van der Waals surface area contributed by atoms with Crippen LogP contribution >= 0.6 is 11.6 Å². The average molecular weight is 333 g/mol. The lowest BCUT2D eigenvalue weighted by atomic mass is 10.1. The summed E-state index contributed by atoms with van der Waals surface area (Å²) >= 11 is 5.83. The van der Waals surface area contributed by atoms with E-state index in [0.29, 0.717) is 17.1 Å². The minimum Gasteiger partial charge on any atom is -0.434 e. The highest BCUT2D eigenvalue weighted by Crippen LogP contribution is 2.25. The first-order valence-corrected chi connectivity index (χ1v) is 6.99. The molecule has 22 heavy (non-hydrogen) atoms. The van der Waals surface area contributed by atoms with Crippen LogP contribution in [-0.4, -0.2) is 36.9 Å². The monoisotopic (exact) mass is 332 g/mol. The molecule has 2 rings (SSSR count). The van der Waals surface area contributed by atoms with Crippen molar-refractivity contribution in [3.63, 3.8) is 0 Å². The van der Waals surface area contributed by atoms with Crippen LogP contribution in [0.5, 0.6) is 5.75 Å². The second kappa shape index (κ2) is 6.91. The van der Waals surface area contributed by atoms with Crippen molar-refractivity contribution in [2.24, 2.45) is 5.92 Å². The van der Waals surface area contributed by atoms with Crippen molar-refractivity contribution in [1.82, 2.24) is 10.2 Å². The number of carbonyl (C=O) groups is 2. The molecule has 1 saturated heterocycles. The Morgan fingerprint density at radius 3 is 2.86 bits per heavy atom. The van der Waals surface area contributed by atoms with Gasteiger partial charge in [0.15, 0.2) is 0 Å². The summed E-state index contributed by atoms with van der Waals surface area (Å²) in [5, 5.41) is 2.97. The summed E-state index contributed by atoms with van der Waals surface area (Å²) in [6, 6.07) is 4.20. The van der Waals surface area contributed by atoms with E-state index in [1.54, 1.807) is 7.05 Å². The summed E-state index contributed by atoms with van der Waals surface area (Å²) in [5.74, 6) is -0.874. The number of alkyl halides is 2. The highest BCUT2D eigenvalue weighted by atomic mass is 35.5. The number of carbonyl (C=O) groups excluding carboxylic acids is 2. The molecule has 120 valence electrons. The van der Waals surface area contributed by atoms with Crippen molar-refractivity contribution >= 4 is 23.4 Å². The molecule has 5 nitrogen and oxygen atoms in total. The fraction of sp³-hybridized carbons (Fsp3) is 0.429. The van der Waals surface area contributed by atoms with Crippen LogP contribution in [0.2, 0.25) is 5.02 Å². The van der Waals surface area contributed by atoms with Gasteiger partial charge in [-0.1, -0.05) is 11.6 Å². The normalized spacial score (nSPS) is 18.0. The number of nitrogens with zero attached hydrogens (tertiary/aromatic N) is 1. The summed E-state index contributed by atoms with van der Waals surface area (Å²) in [5.41, 5.74) is 0.346. The SMILES string of the molecule is CN1CC(C(=O)NCc2cc(Cl)ccc2OC(F)F)CC1=O. The third-order valence-corrected chi connectivity index (χ3v) is 3.64. The number of hydrogen-bond acceptors (Lipinski definition) is 3. The number of nitrogens with one attached hydrogen (secondary N) is 1. The van der Waals surface area contributed by atoms with Crippen LogP contribution < -0.4 is 10.1 Å². The van der Waals surface area contributed by atoms with Gasteiger partial charge in [0, 0.05) is 37.1 Å². The van der Waals surface area contributed by atoms with Crippen molar-refractivity contribution < 1.29 is 23.1 Å². The van der Waals surface area contributed by atoms with Crippen LogP contribution in [0.3, 0.4) is 0 Å². The van der Waals surface area contributed by atoms with Crippen molar-refractivity contribution in [1.29, 1.82) is 0 Å². The number of likely N-dealkylation sites (tertiary alicyclic amines) is 1. The van der Waals surface area contributed by atoms with Gasteiger partial charge in [-0.05, 0) is 18.2 Å². The first-order valence-electron chi connectivity index (χ1n) is 6.61. The van der Waals surface area contributed by atoms with Gasteiger partial charge in [0.05, 0.1) is 5.92 Å². The van der Waals surface area contributed by atoms with E-state index in [9.17, 15) is 18.4 Å². The van der Waals surface area contributed by atoms with Gasteiger partial charge in [0.25, 0.3) is 0 Å². The molecule has 1 aromatic rings. The highest BCUT2D eigenvalue weighted by Gasteiger charge is 2.31. The van der Waals surface area contributed by atoms with Crippen LogP contribution in [0, 0.1) is 5.92 Å². The largest absolute Gasteiger partial charge is 0.434 e. The number of benzene rings is 1. The summed E-state index contributed by atoms with van der Waals surface area (Å²) in [6.45, 7) is -2.62. The lowest BCUT2D eigenvalue weighted by Crippen LogP contribution is -2.32. The van der Waals surface area contributed by atoms with Gasteiger partial charge in [0.1, 0.15) is 5.75 Å². The van der Waals surface area contributed by atoms with Crippen LogP contribution in [0.15, 0.2) is 18.2 Å². The molecule has 1 aliphatic heterocycles. The molecule has 1 unspecified atom stereocenters. The van der Waals surface area contributed by atoms with Gasteiger partial charge < -0.3 is 15.0 Å². The van der Waals surface area contributed by atoms with Crippen molar-refractivity contribution in [3.8, 4) is 5.75 Å². The molecule has 1 aromatic carbocycles. The molecule has 0 saturated carbocycles. The zero-order valence-electron chi connectivity index (χ0n) is 11.8. The first-order chi connectivity index (χ1) is 10.4. The second-order valence-electron chi connectivity index (χ2n) is 5.02. The van der Waals surface area contributed by atoms with Crippen molar-refractivity contribution in [3.05, 3.63) is 28.8 Å². The predicted molar refractivity (Wildman–Crippen MR) is 75.7 cm³/mol. The highest BCUT2D eigenvalue weighted by molar-refractivity contribution is 6.30. The van der Waals surface area contributed by atoms with E-state index < -0.39 is 12.5 Å². The summed E-state index contributed by atoms with van der Waals surface area (Å²) in [4.78, 5) is 24.9. The first kappa shape index (κ1) is 16.5. The molecule has 1 heterocycles. The third kappa shape index (κ3) is 4.07. The molecular formula is C14H15ClF2N2O3. The smallest absolute Gasteiger partial charge is 0.387 e. The Bertz CT molecular complexity index is 583. The molecule has 1 fully saturated rings. The second-order valence-corrected chi connectivity index (χ2v) is 5.46. The van der Waals surface area contributed by atoms with E-state index in [0.717, 1.165) is 0 Å². The Balaban J connectivity index is 2.00. The summed E-state index contributed by atoms with van der Waals surface area (Å²) in [6.07, 6.45) is 0.151. The van der Waals surface area contributed by atoms with Crippen LogP contribution in [0.1, 0.15) is 12.0 Å². The molecule has 0 radical (unpaired) electrons. The number of hydrogen-bond donors (Lipinski definition) is 1. The Hall–Kier alpha value is -1.89. The molecule has 1 aliphatic rings. The van der Waals surface area contributed by atoms with E-state index >= 15 is 0 Å². The molecule has 0 spiro atoms. The lowest BCUT2D eigenvalue weighted by molar-refractivity contribution is -0.128. The molecule has 0 aliphatic carbocycles. The zero-order chi connectivity index (χ0) is 16.3. The van der Waals surface area contributed by atoms with Crippen LogP contribution in [0.4, 0.5) is 8.78 Å². The maximum absolute atomic E-state index is 12.3. The van der Waals surface area contributed by atoms with Crippen LogP contribution in [0.25, 0.3) is 0 Å². The standard InChI is InChI=1S/C14H15ClF2N2O3/c1-19-7-9(5-12(19)20)13(21)18-6-8-4-10(15)2-3-11(8)22-14(16)17/h2-4,9,14H,5-7H2,1H3,(H,18,21). The van der Waals surface area contributed by atoms with E-state index in [1.165, 1.54) is 23.1 Å². The molecule has 1 N–H and O–H groups in total. The third-order valence-electron chi connectivity index (χ3n) is 3.40. The van der Waals surface area contributed by atoms with Gasteiger partial charge in [-0.15, -0.1) is 0 Å². The number of rotatable bonds is 5. The fourth-order valence-corrected chi connectivity index (χ4v) is 2.46. The Kier molecular flexibility index (Phi) is 5.18. The van der Waals surface area contributed by atoms with E-state index in [-0.39, 0.29) is 30.5 Å². The van der Waals surface area contributed by atoms with E-state index in [2.05, 4.69) is 10.1 Å². The molecule has 0 bridgehead atoms. The van der Waals surface area contributed by atoms with E-state index in [1.807, 2.05) is 0 Å². The average Bonchev–Trinajstić information content (AvgIpc) is 2.78. The molecule has 1 atom stereocenters. The minimum atomic E-state index is -2.96. The zero-order valence-corrected chi connectivity index (χ0v) is 12.6. The number of ether oxygens (including phenoxy) is 1. The Morgan fingerprint density at radius 1 is 1.55 bits per heavy atom. The van der Waals surface area contributed by atoms with Crippen molar-refractivity contribution in [2.75, 3.05) is 13.6 Å². The summed E-state index contributed by atoms with van der Waals surface area (Å²) < 4.78 is 29.1. The molecule has 8 heteroatoms. The van der Waals surface area contributed by atoms with Gasteiger partial charge in [0.2, 0.25) is 11.8 Å². The van der Waals surface area contributed by atoms with Crippen molar-refractivity contribution in [2.45, 2.75) is 19.6 Å². The lowest BCUT2D eigenvalue weighted by Gasteiger charge is -2.14. The van der Waals surface area contributed by atoms with Crippen LogP contribution in [-0.2, 0) is 16.1 Å². The Labute approximate surface area is 131 Å². The minimum absolute atomic E-state index is 0.00412. The maximum Gasteiger partial charge on any atom is 0.387 e. The quantitative estimate of drug-likeness (QED) is 0.897.